The number of H-pyrrole nitrogens is 1. The van der Waals surface area contributed by atoms with Crippen molar-refractivity contribution in [2.75, 3.05) is 44.9 Å². The fourth-order valence-electron chi connectivity index (χ4n) is 5.06. The van der Waals surface area contributed by atoms with Crippen molar-refractivity contribution in [1.82, 2.24) is 34.7 Å². The number of ether oxygens (including phenoxy) is 1. The lowest BCUT2D eigenvalue weighted by Gasteiger charge is -2.40. The Kier molecular flexibility index (Phi) is 6.94. The van der Waals surface area contributed by atoms with E-state index in [0.717, 1.165) is 59.4 Å². The van der Waals surface area contributed by atoms with E-state index in [9.17, 15) is 4.39 Å². The van der Waals surface area contributed by atoms with Gasteiger partial charge in [-0.15, -0.1) is 0 Å². The highest BCUT2D eigenvalue weighted by Gasteiger charge is 2.29. The topological polar surface area (TPSA) is 87.5 Å². The fourth-order valence-corrected chi connectivity index (χ4v) is 6.26. The first kappa shape index (κ1) is 24.6. The van der Waals surface area contributed by atoms with Crippen molar-refractivity contribution in [2.24, 2.45) is 0 Å². The Morgan fingerprint density at radius 3 is 2.86 bits per heavy atom. The van der Waals surface area contributed by atoms with E-state index in [1.807, 2.05) is 12.3 Å². The zero-order valence-electron chi connectivity index (χ0n) is 21.5. The minimum Gasteiger partial charge on any atom is -0.493 e. The fraction of sp³-hybridized carbons (Fsp3) is 0.520. The van der Waals surface area contributed by atoms with Gasteiger partial charge in [-0.2, -0.15) is 10.2 Å². The number of anilines is 1. The first-order valence-corrected chi connectivity index (χ1v) is 13.2. The van der Waals surface area contributed by atoms with Gasteiger partial charge in [-0.1, -0.05) is 25.2 Å². The third kappa shape index (κ3) is 4.45. The number of hydrogen-bond acceptors (Lipinski definition) is 8. The first-order valence-electron chi connectivity index (χ1n) is 12.4. The summed E-state index contributed by atoms with van der Waals surface area (Å²) in [5, 5.41) is 14.4. The molecule has 0 aliphatic carbocycles. The molecule has 0 amide bonds. The maximum absolute atomic E-state index is 12.6. The van der Waals surface area contributed by atoms with Crippen LogP contribution in [0.25, 0.3) is 27.6 Å². The molecule has 4 aromatic heterocycles. The van der Waals surface area contributed by atoms with Gasteiger partial charge in [-0.05, 0) is 32.3 Å². The number of nitrogens with zero attached hydrogens (tertiary/aromatic N) is 7. The van der Waals surface area contributed by atoms with E-state index in [4.69, 9.17) is 14.8 Å². The molecule has 1 aliphatic heterocycles. The number of thiazole rings is 1. The van der Waals surface area contributed by atoms with Crippen molar-refractivity contribution in [1.29, 1.82) is 0 Å². The average Bonchev–Trinajstić information content (AvgIpc) is 3.60. The van der Waals surface area contributed by atoms with Crippen LogP contribution in [-0.2, 0) is 0 Å². The lowest BCUT2D eigenvalue weighted by molar-refractivity contribution is 0.219. The molecule has 1 fully saturated rings. The van der Waals surface area contributed by atoms with Gasteiger partial charge in [0.25, 0.3) is 0 Å². The number of alkyl halides is 1. The molecule has 0 aromatic carbocycles. The largest absolute Gasteiger partial charge is 0.493 e. The third-order valence-electron chi connectivity index (χ3n) is 6.79. The van der Waals surface area contributed by atoms with E-state index < -0.39 is 0 Å². The number of methoxy groups -OCH3 is 1. The van der Waals surface area contributed by atoms with Crippen molar-refractivity contribution in [3.8, 4) is 27.7 Å². The zero-order valence-corrected chi connectivity index (χ0v) is 22.3. The number of rotatable bonds is 8. The Balaban J connectivity index is 1.48. The number of nitrogens with one attached hydrogen (secondary N) is 1. The SMILES string of the molecule is COc1cc(-c2[nH]nc(-c3nc(C)c(N4CCN(CCCF)C[C@H]4C)s3)c2C(C)C)cn2ncnc12. The molecule has 1 aliphatic rings. The number of piperazine rings is 1. The van der Waals surface area contributed by atoms with Crippen molar-refractivity contribution < 1.29 is 9.13 Å². The van der Waals surface area contributed by atoms with Crippen LogP contribution >= 0.6 is 11.3 Å². The molecule has 1 N–H and O–H groups in total. The Hall–Kier alpha value is -3.05. The number of aryl methyl sites for hydroxylation is 1. The van der Waals surface area contributed by atoms with Gasteiger partial charge >= 0.3 is 0 Å². The quantitative estimate of drug-likeness (QED) is 0.370. The second-order valence-electron chi connectivity index (χ2n) is 9.64. The molecular formula is C25H33FN8OS. The van der Waals surface area contributed by atoms with E-state index in [2.05, 4.69) is 52.7 Å². The number of pyridine rings is 1. The Morgan fingerprint density at radius 1 is 1.31 bits per heavy atom. The molecular weight excluding hydrogens is 479 g/mol. The van der Waals surface area contributed by atoms with Crippen molar-refractivity contribution in [2.45, 2.75) is 46.1 Å². The van der Waals surface area contributed by atoms with Gasteiger partial charge in [0.15, 0.2) is 11.4 Å². The number of aromatic amines is 1. The Morgan fingerprint density at radius 2 is 2.14 bits per heavy atom. The van der Waals surface area contributed by atoms with Crippen LogP contribution in [0, 0.1) is 6.92 Å². The van der Waals surface area contributed by atoms with Crippen LogP contribution in [0.4, 0.5) is 9.39 Å². The number of hydrogen-bond donors (Lipinski definition) is 1. The van der Waals surface area contributed by atoms with Crippen LogP contribution in [0.15, 0.2) is 18.6 Å². The highest BCUT2D eigenvalue weighted by molar-refractivity contribution is 7.19. The molecule has 11 heteroatoms. The van der Waals surface area contributed by atoms with Gasteiger partial charge in [0.2, 0.25) is 0 Å². The monoisotopic (exact) mass is 512 g/mol. The highest BCUT2D eigenvalue weighted by Crippen LogP contribution is 2.41. The number of fused-ring (bicyclic) bond motifs is 1. The van der Waals surface area contributed by atoms with Crippen LogP contribution in [0.1, 0.15) is 44.4 Å². The van der Waals surface area contributed by atoms with Crippen LogP contribution in [0.3, 0.4) is 0 Å². The van der Waals surface area contributed by atoms with E-state index in [0.29, 0.717) is 23.9 Å². The summed E-state index contributed by atoms with van der Waals surface area (Å²) in [6.45, 7) is 12.0. The summed E-state index contributed by atoms with van der Waals surface area (Å²) in [7, 11) is 1.64. The zero-order chi connectivity index (χ0) is 25.4. The molecule has 0 unspecified atom stereocenters. The molecule has 1 atom stereocenters. The number of aromatic nitrogens is 6. The van der Waals surface area contributed by atoms with E-state index in [1.54, 1.807) is 23.0 Å². The van der Waals surface area contributed by atoms with Gasteiger partial charge in [0.1, 0.15) is 22.0 Å². The van der Waals surface area contributed by atoms with Gasteiger partial charge in [0.05, 0.1) is 25.2 Å². The molecule has 0 saturated carbocycles. The molecule has 4 aromatic rings. The van der Waals surface area contributed by atoms with Gasteiger partial charge < -0.3 is 9.64 Å². The lowest BCUT2D eigenvalue weighted by atomic mass is 9.97. The molecule has 0 bridgehead atoms. The second kappa shape index (κ2) is 10.1. The summed E-state index contributed by atoms with van der Waals surface area (Å²) >= 11 is 1.70. The predicted molar refractivity (Wildman–Crippen MR) is 141 cm³/mol. The summed E-state index contributed by atoms with van der Waals surface area (Å²) in [6, 6.07) is 2.31. The molecule has 5 heterocycles. The average molecular weight is 513 g/mol. The molecule has 1 saturated heterocycles. The standard InChI is InChI=1S/C25H33FN8OS/c1-15(2)20-21(18-11-19(35-5)23-27-14-28-34(23)13-18)30-31-22(20)24-29-17(4)25(36-24)33-10-9-32(8-6-7-26)12-16(33)3/h11,13-16H,6-10,12H2,1-5H3,(H,30,31)/t16-/m1/s1. The van der Waals surface area contributed by atoms with E-state index >= 15 is 0 Å². The van der Waals surface area contributed by atoms with Crippen molar-refractivity contribution in [3.05, 3.63) is 29.8 Å². The molecule has 0 radical (unpaired) electrons. The normalized spacial score (nSPS) is 17.0. The van der Waals surface area contributed by atoms with Crippen molar-refractivity contribution in [3.63, 3.8) is 0 Å². The smallest absolute Gasteiger partial charge is 0.197 e. The molecule has 192 valence electrons. The van der Waals surface area contributed by atoms with Crippen LogP contribution < -0.4 is 9.64 Å². The predicted octanol–water partition coefficient (Wildman–Crippen LogP) is 4.55. The maximum atomic E-state index is 12.6. The summed E-state index contributed by atoms with van der Waals surface area (Å²) in [6.07, 6.45) is 4.06. The highest BCUT2D eigenvalue weighted by atomic mass is 32.1. The summed E-state index contributed by atoms with van der Waals surface area (Å²) in [4.78, 5) is 14.0. The Labute approximate surface area is 214 Å². The van der Waals surface area contributed by atoms with Gasteiger partial charge in [-0.25, -0.2) is 14.5 Å². The second-order valence-corrected chi connectivity index (χ2v) is 10.6. The number of halogens is 1. The minimum atomic E-state index is -0.255. The molecule has 9 nitrogen and oxygen atoms in total. The van der Waals surface area contributed by atoms with Gasteiger partial charge in [0, 0.05) is 49.5 Å². The van der Waals surface area contributed by atoms with Crippen LogP contribution in [0.2, 0.25) is 0 Å². The first-order chi connectivity index (χ1) is 17.4. The maximum Gasteiger partial charge on any atom is 0.197 e. The molecule has 36 heavy (non-hydrogen) atoms. The molecule has 5 rings (SSSR count). The summed E-state index contributed by atoms with van der Waals surface area (Å²) in [5.41, 5.74) is 5.54. The summed E-state index contributed by atoms with van der Waals surface area (Å²) in [5.74, 6) is 0.875. The lowest BCUT2D eigenvalue weighted by Crippen LogP contribution is -2.52. The van der Waals surface area contributed by atoms with Crippen LogP contribution in [0.5, 0.6) is 5.75 Å². The molecule has 0 spiro atoms. The summed E-state index contributed by atoms with van der Waals surface area (Å²) < 4.78 is 19.9. The van der Waals surface area contributed by atoms with Crippen LogP contribution in [-0.4, -0.2) is 80.7 Å². The van der Waals surface area contributed by atoms with E-state index in [-0.39, 0.29) is 12.6 Å². The minimum absolute atomic E-state index is 0.219. The van der Waals surface area contributed by atoms with Crippen molar-refractivity contribution >= 4 is 22.0 Å². The van der Waals surface area contributed by atoms with E-state index in [1.165, 1.54) is 11.3 Å². The third-order valence-corrected chi connectivity index (χ3v) is 7.99. The van der Waals surface area contributed by atoms with Gasteiger partial charge in [-0.3, -0.25) is 14.4 Å². The Bertz CT molecular complexity index is 1350.